The summed E-state index contributed by atoms with van der Waals surface area (Å²) in [5.74, 6) is 3.28. The first-order valence-corrected chi connectivity index (χ1v) is 7.82. The van der Waals surface area contributed by atoms with E-state index in [4.69, 9.17) is 9.47 Å². The van der Waals surface area contributed by atoms with E-state index in [1.54, 1.807) is 11.0 Å². The number of nitrogens with one attached hydrogen (secondary N) is 1. The standard InChI is InChI=1S/C18H20N4O2/c1-3-23-15-8-10-17(11-9-15)24-16-6-4-14(5-7-16)19-12-18-20-13-21-22(18)2/h4-11,13,19H,3,12H2,1-2H3. The van der Waals surface area contributed by atoms with Gasteiger partial charge >= 0.3 is 0 Å². The Morgan fingerprint density at radius 2 is 1.58 bits per heavy atom. The highest BCUT2D eigenvalue weighted by Crippen LogP contribution is 2.25. The molecule has 1 aromatic heterocycles. The van der Waals surface area contributed by atoms with Gasteiger partial charge in [-0.3, -0.25) is 4.68 Å². The number of aryl methyl sites for hydroxylation is 1. The van der Waals surface area contributed by atoms with Crippen molar-refractivity contribution in [1.82, 2.24) is 14.8 Å². The number of nitrogens with zero attached hydrogens (tertiary/aromatic N) is 3. The maximum atomic E-state index is 5.83. The summed E-state index contributed by atoms with van der Waals surface area (Å²) in [5, 5.41) is 7.35. The highest BCUT2D eigenvalue weighted by atomic mass is 16.5. The lowest BCUT2D eigenvalue weighted by Crippen LogP contribution is -2.06. The van der Waals surface area contributed by atoms with E-state index in [0.29, 0.717) is 13.2 Å². The summed E-state index contributed by atoms with van der Waals surface area (Å²) in [7, 11) is 1.87. The van der Waals surface area contributed by atoms with Crippen LogP contribution in [0.4, 0.5) is 5.69 Å². The van der Waals surface area contributed by atoms with Gasteiger partial charge in [0.25, 0.3) is 0 Å². The molecule has 24 heavy (non-hydrogen) atoms. The predicted molar refractivity (Wildman–Crippen MR) is 92.5 cm³/mol. The number of hydrogen-bond acceptors (Lipinski definition) is 5. The fraction of sp³-hybridized carbons (Fsp3) is 0.222. The van der Waals surface area contributed by atoms with E-state index in [1.165, 1.54) is 0 Å². The molecule has 3 rings (SSSR count). The Balaban J connectivity index is 1.57. The lowest BCUT2D eigenvalue weighted by Gasteiger charge is -2.09. The predicted octanol–water partition coefficient (Wildman–Crippen LogP) is 3.62. The number of aromatic nitrogens is 3. The van der Waals surface area contributed by atoms with E-state index in [-0.39, 0.29) is 0 Å². The molecule has 2 aromatic carbocycles. The number of benzene rings is 2. The molecule has 6 nitrogen and oxygen atoms in total. The fourth-order valence-corrected chi connectivity index (χ4v) is 2.21. The topological polar surface area (TPSA) is 61.2 Å². The SMILES string of the molecule is CCOc1ccc(Oc2ccc(NCc3ncnn3C)cc2)cc1. The molecule has 6 heteroatoms. The molecule has 0 saturated carbocycles. The monoisotopic (exact) mass is 324 g/mol. The largest absolute Gasteiger partial charge is 0.494 e. The first kappa shape index (κ1) is 15.9. The molecule has 1 N–H and O–H groups in total. The number of ether oxygens (including phenoxy) is 2. The van der Waals surface area contributed by atoms with Crippen LogP contribution in [0, 0.1) is 0 Å². The molecular weight excluding hydrogens is 304 g/mol. The van der Waals surface area contributed by atoms with Crippen molar-refractivity contribution in [1.29, 1.82) is 0 Å². The average Bonchev–Trinajstić information content (AvgIpc) is 3.01. The van der Waals surface area contributed by atoms with E-state index in [2.05, 4.69) is 15.4 Å². The van der Waals surface area contributed by atoms with Gasteiger partial charge in [0.15, 0.2) is 0 Å². The van der Waals surface area contributed by atoms with E-state index in [1.807, 2.05) is 62.5 Å². The van der Waals surface area contributed by atoms with Gasteiger partial charge in [0, 0.05) is 12.7 Å². The van der Waals surface area contributed by atoms with Gasteiger partial charge in [-0.2, -0.15) is 5.10 Å². The second-order valence-electron chi connectivity index (χ2n) is 5.18. The van der Waals surface area contributed by atoms with Crippen molar-refractivity contribution < 1.29 is 9.47 Å². The van der Waals surface area contributed by atoms with Gasteiger partial charge in [0.1, 0.15) is 29.4 Å². The fourth-order valence-electron chi connectivity index (χ4n) is 2.21. The van der Waals surface area contributed by atoms with Gasteiger partial charge in [-0.25, -0.2) is 4.98 Å². The van der Waals surface area contributed by atoms with Gasteiger partial charge in [-0.05, 0) is 55.5 Å². The van der Waals surface area contributed by atoms with Crippen molar-refractivity contribution in [3.8, 4) is 17.2 Å². The third-order valence-electron chi connectivity index (χ3n) is 3.48. The summed E-state index contributed by atoms with van der Waals surface area (Å²) < 4.78 is 13.0. The maximum Gasteiger partial charge on any atom is 0.145 e. The van der Waals surface area contributed by atoms with Gasteiger partial charge in [0.05, 0.1) is 13.2 Å². The summed E-state index contributed by atoms with van der Waals surface area (Å²) in [5.41, 5.74) is 0.997. The van der Waals surface area contributed by atoms with Crippen LogP contribution in [0.2, 0.25) is 0 Å². The smallest absolute Gasteiger partial charge is 0.145 e. The van der Waals surface area contributed by atoms with Crippen LogP contribution in [0.5, 0.6) is 17.2 Å². The van der Waals surface area contributed by atoms with Gasteiger partial charge in [-0.1, -0.05) is 0 Å². The quantitative estimate of drug-likeness (QED) is 0.719. The van der Waals surface area contributed by atoms with Gasteiger partial charge < -0.3 is 14.8 Å². The Morgan fingerprint density at radius 3 is 2.17 bits per heavy atom. The average molecular weight is 324 g/mol. The summed E-state index contributed by atoms with van der Waals surface area (Å²) in [4.78, 5) is 4.18. The summed E-state index contributed by atoms with van der Waals surface area (Å²) in [6.07, 6.45) is 1.55. The molecule has 0 radical (unpaired) electrons. The zero-order valence-corrected chi connectivity index (χ0v) is 13.8. The number of rotatable bonds is 7. The van der Waals surface area contributed by atoms with E-state index >= 15 is 0 Å². The first-order chi connectivity index (χ1) is 11.7. The van der Waals surface area contributed by atoms with Crippen LogP contribution < -0.4 is 14.8 Å². The Morgan fingerprint density at radius 1 is 0.958 bits per heavy atom. The third-order valence-corrected chi connectivity index (χ3v) is 3.48. The van der Waals surface area contributed by atoms with Crippen molar-refractivity contribution in [3.05, 3.63) is 60.7 Å². The van der Waals surface area contributed by atoms with Crippen molar-refractivity contribution in [2.45, 2.75) is 13.5 Å². The van der Waals surface area contributed by atoms with Crippen LogP contribution in [0.3, 0.4) is 0 Å². The second kappa shape index (κ2) is 7.50. The molecule has 0 aliphatic heterocycles. The van der Waals surface area contributed by atoms with E-state index < -0.39 is 0 Å². The molecule has 1 heterocycles. The minimum absolute atomic E-state index is 0.621. The van der Waals surface area contributed by atoms with Gasteiger partial charge in [-0.15, -0.1) is 0 Å². The summed E-state index contributed by atoms with van der Waals surface area (Å²) in [6.45, 7) is 3.24. The molecule has 0 bridgehead atoms. The third kappa shape index (κ3) is 4.04. The molecule has 0 spiro atoms. The first-order valence-electron chi connectivity index (χ1n) is 7.82. The van der Waals surface area contributed by atoms with Crippen molar-refractivity contribution in [2.75, 3.05) is 11.9 Å². The van der Waals surface area contributed by atoms with Crippen molar-refractivity contribution >= 4 is 5.69 Å². The van der Waals surface area contributed by atoms with Crippen molar-refractivity contribution in [2.24, 2.45) is 7.05 Å². The maximum absolute atomic E-state index is 5.83. The normalized spacial score (nSPS) is 10.4. The van der Waals surface area contributed by atoms with E-state index in [9.17, 15) is 0 Å². The Hall–Kier alpha value is -3.02. The lowest BCUT2D eigenvalue weighted by molar-refractivity contribution is 0.339. The molecule has 0 aliphatic carbocycles. The number of anilines is 1. The Labute approximate surface area is 141 Å². The molecule has 0 amide bonds. The van der Waals surface area contributed by atoms with Crippen LogP contribution in [0.15, 0.2) is 54.9 Å². The zero-order valence-electron chi connectivity index (χ0n) is 13.8. The summed E-state index contributed by atoms with van der Waals surface area (Å²) >= 11 is 0. The van der Waals surface area contributed by atoms with Crippen molar-refractivity contribution in [3.63, 3.8) is 0 Å². The minimum atomic E-state index is 0.621. The minimum Gasteiger partial charge on any atom is -0.494 e. The Kier molecular flexibility index (Phi) is 4.96. The highest BCUT2D eigenvalue weighted by Gasteiger charge is 2.02. The Bertz CT molecular complexity index is 766. The highest BCUT2D eigenvalue weighted by molar-refractivity contribution is 5.47. The molecule has 124 valence electrons. The zero-order chi connectivity index (χ0) is 16.8. The van der Waals surface area contributed by atoms with Crippen LogP contribution in [-0.2, 0) is 13.6 Å². The summed E-state index contributed by atoms with van der Waals surface area (Å²) in [6, 6.07) is 15.4. The molecule has 0 fully saturated rings. The molecular formula is C18H20N4O2. The van der Waals surface area contributed by atoms with Crippen LogP contribution in [0.25, 0.3) is 0 Å². The molecule has 0 aliphatic rings. The lowest BCUT2D eigenvalue weighted by atomic mass is 10.3. The van der Waals surface area contributed by atoms with Crippen LogP contribution in [0.1, 0.15) is 12.7 Å². The molecule has 0 saturated heterocycles. The molecule has 3 aromatic rings. The molecule has 0 unspecified atom stereocenters. The second-order valence-corrected chi connectivity index (χ2v) is 5.18. The number of hydrogen-bond donors (Lipinski definition) is 1. The van der Waals surface area contributed by atoms with E-state index in [0.717, 1.165) is 28.8 Å². The van der Waals surface area contributed by atoms with Gasteiger partial charge in [0.2, 0.25) is 0 Å². The van der Waals surface area contributed by atoms with Crippen LogP contribution >= 0.6 is 0 Å². The molecule has 0 atom stereocenters. The van der Waals surface area contributed by atoms with Crippen LogP contribution in [-0.4, -0.2) is 21.4 Å².